The minimum absolute atomic E-state index is 0.0349. The second kappa shape index (κ2) is 6.17. The maximum absolute atomic E-state index is 12.2. The molecule has 0 aliphatic heterocycles. The normalized spacial score (nSPS) is 10.9. The molecule has 1 heterocycles. The molecular formula is C13H13ClF3NO2. The molecule has 0 saturated carbocycles. The van der Waals surface area contributed by atoms with E-state index in [0.717, 1.165) is 6.07 Å². The molecule has 0 amide bonds. The van der Waals surface area contributed by atoms with Gasteiger partial charge in [-0.1, -0.05) is 25.4 Å². The van der Waals surface area contributed by atoms with Crippen LogP contribution in [0.25, 0.3) is 10.9 Å². The second-order valence-corrected chi connectivity index (χ2v) is 4.13. The van der Waals surface area contributed by atoms with Crippen molar-refractivity contribution in [1.82, 2.24) is 4.98 Å². The minimum atomic E-state index is -4.85. The summed E-state index contributed by atoms with van der Waals surface area (Å²) >= 11 is 5.71. The Labute approximate surface area is 118 Å². The van der Waals surface area contributed by atoms with Crippen molar-refractivity contribution in [2.24, 2.45) is 0 Å². The molecule has 0 aliphatic rings. The highest BCUT2D eigenvalue weighted by Gasteiger charge is 2.32. The fourth-order valence-electron chi connectivity index (χ4n) is 1.57. The highest BCUT2D eigenvalue weighted by atomic mass is 35.5. The lowest BCUT2D eigenvalue weighted by atomic mass is 10.1. The van der Waals surface area contributed by atoms with Gasteiger partial charge in [0, 0.05) is 22.0 Å². The Morgan fingerprint density at radius 1 is 1.20 bits per heavy atom. The summed E-state index contributed by atoms with van der Waals surface area (Å²) in [6.45, 7) is 5.55. The average molecular weight is 308 g/mol. The van der Waals surface area contributed by atoms with Crippen LogP contribution in [0, 0.1) is 6.92 Å². The van der Waals surface area contributed by atoms with E-state index in [1.54, 1.807) is 6.92 Å². The van der Waals surface area contributed by atoms with Gasteiger partial charge in [0.25, 0.3) is 5.56 Å². The highest BCUT2D eigenvalue weighted by Crippen LogP contribution is 2.32. The van der Waals surface area contributed by atoms with Crippen LogP contribution >= 0.6 is 11.6 Å². The Kier molecular flexibility index (Phi) is 5.05. The SMILES string of the molecule is CC.Cc1cc2cc(Cl)cc(OC(F)(F)F)c2[nH]c1=O. The van der Waals surface area contributed by atoms with E-state index in [9.17, 15) is 18.0 Å². The Morgan fingerprint density at radius 2 is 1.80 bits per heavy atom. The lowest BCUT2D eigenvalue weighted by molar-refractivity contribution is -0.274. The summed E-state index contributed by atoms with van der Waals surface area (Å²) in [5.74, 6) is -0.526. The van der Waals surface area contributed by atoms with Crippen molar-refractivity contribution in [3.63, 3.8) is 0 Å². The number of rotatable bonds is 1. The van der Waals surface area contributed by atoms with Crippen LogP contribution in [-0.2, 0) is 0 Å². The number of hydrogen-bond acceptors (Lipinski definition) is 2. The molecule has 1 aromatic carbocycles. The van der Waals surface area contributed by atoms with Crippen molar-refractivity contribution in [2.75, 3.05) is 0 Å². The number of aryl methyl sites for hydroxylation is 1. The third kappa shape index (κ3) is 3.90. The average Bonchev–Trinajstić information content (AvgIpc) is 2.32. The van der Waals surface area contributed by atoms with Gasteiger partial charge in [0.2, 0.25) is 0 Å². The van der Waals surface area contributed by atoms with Crippen LogP contribution in [0.1, 0.15) is 19.4 Å². The van der Waals surface area contributed by atoms with Gasteiger partial charge in [0.05, 0.1) is 5.52 Å². The molecule has 1 N–H and O–H groups in total. The summed E-state index contributed by atoms with van der Waals surface area (Å²) in [5.41, 5.74) is -0.133. The smallest absolute Gasteiger partial charge is 0.403 e. The first kappa shape index (κ1) is 16.4. The van der Waals surface area contributed by atoms with E-state index >= 15 is 0 Å². The van der Waals surface area contributed by atoms with E-state index in [1.807, 2.05) is 13.8 Å². The van der Waals surface area contributed by atoms with Gasteiger partial charge in [-0.3, -0.25) is 4.79 Å². The summed E-state index contributed by atoms with van der Waals surface area (Å²) in [6, 6.07) is 3.90. The topological polar surface area (TPSA) is 42.1 Å². The first-order valence-electron chi connectivity index (χ1n) is 5.85. The number of H-pyrrole nitrogens is 1. The van der Waals surface area contributed by atoms with E-state index in [4.69, 9.17) is 11.6 Å². The Balaban J connectivity index is 0.000000956. The van der Waals surface area contributed by atoms with E-state index < -0.39 is 17.7 Å². The van der Waals surface area contributed by atoms with Gasteiger partial charge in [0.15, 0.2) is 5.75 Å². The summed E-state index contributed by atoms with van der Waals surface area (Å²) in [6.07, 6.45) is -4.85. The highest BCUT2D eigenvalue weighted by molar-refractivity contribution is 6.31. The number of hydrogen-bond donors (Lipinski definition) is 1. The molecule has 0 saturated heterocycles. The van der Waals surface area contributed by atoms with Crippen LogP contribution in [0.5, 0.6) is 5.75 Å². The Hall–Kier alpha value is -1.69. The molecule has 0 unspecified atom stereocenters. The number of ether oxygens (including phenoxy) is 1. The minimum Gasteiger partial charge on any atom is -0.403 e. The van der Waals surface area contributed by atoms with E-state index in [0.29, 0.717) is 10.9 Å². The van der Waals surface area contributed by atoms with Crippen molar-refractivity contribution in [1.29, 1.82) is 0 Å². The number of benzene rings is 1. The fraction of sp³-hybridized carbons (Fsp3) is 0.308. The maximum atomic E-state index is 12.2. The van der Waals surface area contributed by atoms with Gasteiger partial charge in [-0.05, 0) is 19.1 Å². The van der Waals surface area contributed by atoms with Crippen molar-refractivity contribution in [3.8, 4) is 5.75 Å². The van der Waals surface area contributed by atoms with Crippen molar-refractivity contribution in [2.45, 2.75) is 27.1 Å². The molecule has 7 heteroatoms. The molecule has 0 spiro atoms. The molecule has 20 heavy (non-hydrogen) atoms. The molecule has 3 nitrogen and oxygen atoms in total. The van der Waals surface area contributed by atoms with E-state index in [-0.39, 0.29) is 10.5 Å². The molecule has 2 aromatic rings. The number of halogens is 4. The summed E-state index contributed by atoms with van der Waals surface area (Å²) in [7, 11) is 0. The molecule has 0 atom stereocenters. The number of pyridine rings is 1. The second-order valence-electron chi connectivity index (χ2n) is 3.70. The molecule has 0 fully saturated rings. The first-order valence-corrected chi connectivity index (χ1v) is 6.23. The van der Waals surface area contributed by atoms with E-state index in [1.165, 1.54) is 12.1 Å². The lowest BCUT2D eigenvalue weighted by Gasteiger charge is -2.12. The number of aromatic nitrogens is 1. The van der Waals surface area contributed by atoms with Gasteiger partial charge in [-0.25, -0.2) is 0 Å². The zero-order valence-electron chi connectivity index (χ0n) is 11.1. The van der Waals surface area contributed by atoms with Crippen LogP contribution in [0.3, 0.4) is 0 Å². The lowest BCUT2D eigenvalue weighted by Crippen LogP contribution is -2.18. The fourth-order valence-corrected chi connectivity index (χ4v) is 1.78. The summed E-state index contributed by atoms with van der Waals surface area (Å²) in [4.78, 5) is 13.7. The van der Waals surface area contributed by atoms with Crippen LogP contribution < -0.4 is 10.3 Å². The van der Waals surface area contributed by atoms with Crippen molar-refractivity contribution < 1.29 is 17.9 Å². The summed E-state index contributed by atoms with van der Waals surface area (Å²) < 4.78 is 40.5. The monoisotopic (exact) mass is 307 g/mol. The Bertz CT molecular complexity index is 665. The van der Waals surface area contributed by atoms with Crippen molar-refractivity contribution >= 4 is 22.5 Å². The van der Waals surface area contributed by atoms with Crippen molar-refractivity contribution in [3.05, 3.63) is 39.1 Å². The van der Waals surface area contributed by atoms with Crippen LogP contribution in [0.2, 0.25) is 5.02 Å². The summed E-state index contributed by atoms with van der Waals surface area (Å²) in [5, 5.41) is 0.465. The van der Waals surface area contributed by atoms with E-state index in [2.05, 4.69) is 9.72 Å². The molecule has 1 aromatic heterocycles. The quantitative estimate of drug-likeness (QED) is 0.847. The predicted octanol–water partition coefficient (Wildman–Crippen LogP) is 4.41. The van der Waals surface area contributed by atoms with Gasteiger partial charge in [-0.15, -0.1) is 13.2 Å². The largest absolute Gasteiger partial charge is 0.573 e. The third-order valence-electron chi connectivity index (χ3n) is 2.29. The zero-order valence-corrected chi connectivity index (χ0v) is 11.8. The number of alkyl halides is 3. The van der Waals surface area contributed by atoms with Crippen LogP contribution in [0.15, 0.2) is 23.0 Å². The van der Waals surface area contributed by atoms with Crippen LogP contribution in [-0.4, -0.2) is 11.3 Å². The third-order valence-corrected chi connectivity index (χ3v) is 2.51. The molecule has 110 valence electrons. The standard InChI is InChI=1S/C11H7ClF3NO2.C2H6/c1-5-2-6-3-7(12)4-8(18-11(13,14)15)9(6)16-10(5)17;1-2/h2-4H,1H3,(H,16,17);1-2H3. The molecule has 0 aliphatic carbocycles. The van der Waals surface area contributed by atoms with Gasteiger partial charge in [-0.2, -0.15) is 0 Å². The maximum Gasteiger partial charge on any atom is 0.573 e. The first-order chi connectivity index (χ1) is 9.26. The predicted molar refractivity (Wildman–Crippen MR) is 72.3 cm³/mol. The molecule has 0 bridgehead atoms. The van der Waals surface area contributed by atoms with Gasteiger partial charge < -0.3 is 9.72 Å². The molecule has 2 rings (SSSR count). The Morgan fingerprint density at radius 3 is 2.35 bits per heavy atom. The zero-order chi connectivity index (χ0) is 15.5. The molecule has 0 radical (unpaired) electrons. The van der Waals surface area contributed by atoms with Gasteiger partial charge >= 0.3 is 6.36 Å². The number of fused-ring (bicyclic) bond motifs is 1. The number of nitrogens with one attached hydrogen (secondary N) is 1. The molecular weight excluding hydrogens is 295 g/mol. The number of aromatic amines is 1. The van der Waals surface area contributed by atoms with Gasteiger partial charge in [0.1, 0.15) is 0 Å². The van der Waals surface area contributed by atoms with Crippen LogP contribution in [0.4, 0.5) is 13.2 Å².